The zero-order valence-electron chi connectivity index (χ0n) is 21.2. The number of nitrogens with zero attached hydrogens (tertiary/aromatic N) is 4. The lowest BCUT2D eigenvalue weighted by atomic mass is 9.93. The van der Waals surface area contributed by atoms with Gasteiger partial charge in [0.25, 0.3) is 0 Å². The van der Waals surface area contributed by atoms with Gasteiger partial charge in [0.2, 0.25) is 0 Å². The SMILES string of the molecule is Oc1ccc(CCN2Cc3cccc4c(N(Cc5ccccn5)Cc5ccccn5)ccc(c34)C2)cc1O. The quantitative estimate of drug-likeness (QED) is 0.261. The maximum atomic E-state index is 9.85. The fourth-order valence-corrected chi connectivity index (χ4v) is 5.39. The van der Waals surface area contributed by atoms with Gasteiger partial charge in [-0.05, 0) is 71.0 Å². The first-order valence-corrected chi connectivity index (χ1v) is 13.0. The predicted molar refractivity (Wildman–Crippen MR) is 150 cm³/mol. The van der Waals surface area contributed by atoms with E-state index < -0.39 is 0 Å². The molecule has 0 aliphatic carbocycles. The molecule has 0 spiro atoms. The lowest BCUT2D eigenvalue weighted by Crippen LogP contribution is -2.29. The number of aromatic nitrogens is 2. The summed E-state index contributed by atoms with van der Waals surface area (Å²) in [6.07, 6.45) is 4.50. The lowest BCUT2D eigenvalue weighted by molar-refractivity contribution is 0.256. The molecule has 0 amide bonds. The van der Waals surface area contributed by atoms with E-state index >= 15 is 0 Å². The molecular weight excluding hydrogens is 472 g/mol. The minimum absolute atomic E-state index is 0.0650. The molecule has 5 aromatic rings. The van der Waals surface area contributed by atoms with Crippen LogP contribution in [0.25, 0.3) is 10.8 Å². The molecule has 0 saturated carbocycles. The Balaban J connectivity index is 1.29. The van der Waals surface area contributed by atoms with E-state index in [0.717, 1.165) is 43.0 Å². The first kappa shape index (κ1) is 23.9. The van der Waals surface area contributed by atoms with E-state index in [4.69, 9.17) is 0 Å². The average Bonchev–Trinajstić information content (AvgIpc) is 2.95. The number of phenolic OH excluding ortho intramolecular Hbond substituents is 2. The molecule has 0 saturated heterocycles. The molecule has 6 nitrogen and oxygen atoms in total. The molecule has 190 valence electrons. The maximum absolute atomic E-state index is 9.85. The normalized spacial score (nSPS) is 13.1. The molecule has 0 bridgehead atoms. The van der Waals surface area contributed by atoms with Crippen LogP contribution in [0, 0.1) is 0 Å². The smallest absolute Gasteiger partial charge is 0.157 e. The summed E-state index contributed by atoms with van der Waals surface area (Å²) >= 11 is 0. The third-order valence-corrected chi connectivity index (χ3v) is 7.23. The Kier molecular flexibility index (Phi) is 6.63. The monoisotopic (exact) mass is 502 g/mol. The highest BCUT2D eigenvalue weighted by molar-refractivity contribution is 5.99. The van der Waals surface area contributed by atoms with Gasteiger partial charge in [-0.2, -0.15) is 0 Å². The van der Waals surface area contributed by atoms with Crippen LogP contribution in [0.15, 0.2) is 97.3 Å². The molecule has 3 heterocycles. The summed E-state index contributed by atoms with van der Waals surface area (Å²) < 4.78 is 0. The molecule has 1 aliphatic heterocycles. The highest BCUT2D eigenvalue weighted by Crippen LogP contribution is 2.37. The van der Waals surface area contributed by atoms with Gasteiger partial charge in [0.1, 0.15) is 0 Å². The van der Waals surface area contributed by atoms with Crippen LogP contribution in [0.2, 0.25) is 0 Å². The maximum Gasteiger partial charge on any atom is 0.157 e. The highest BCUT2D eigenvalue weighted by Gasteiger charge is 2.22. The van der Waals surface area contributed by atoms with E-state index in [-0.39, 0.29) is 11.5 Å². The van der Waals surface area contributed by atoms with Gasteiger partial charge in [-0.1, -0.05) is 42.5 Å². The van der Waals surface area contributed by atoms with Gasteiger partial charge in [-0.25, -0.2) is 0 Å². The topological polar surface area (TPSA) is 72.7 Å². The van der Waals surface area contributed by atoms with Crippen molar-refractivity contribution in [3.05, 3.63) is 125 Å². The van der Waals surface area contributed by atoms with Crippen molar-refractivity contribution in [3.63, 3.8) is 0 Å². The number of hydrogen-bond acceptors (Lipinski definition) is 6. The Morgan fingerprint density at radius 3 is 2.08 bits per heavy atom. The molecule has 2 N–H and O–H groups in total. The third kappa shape index (κ3) is 5.04. The van der Waals surface area contributed by atoms with E-state index in [1.807, 2.05) is 42.7 Å². The average molecular weight is 503 g/mol. The van der Waals surface area contributed by atoms with Gasteiger partial charge >= 0.3 is 0 Å². The second-order valence-corrected chi connectivity index (χ2v) is 9.87. The summed E-state index contributed by atoms with van der Waals surface area (Å²) in [6.45, 7) is 4.01. The molecule has 1 aliphatic rings. The van der Waals surface area contributed by atoms with E-state index in [1.165, 1.54) is 27.6 Å². The van der Waals surface area contributed by atoms with E-state index in [9.17, 15) is 10.2 Å². The van der Waals surface area contributed by atoms with Gasteiger partial charge in [0, 0.05) is 43.1 Å². The van der Waals surface area contributed by atoms with Crippen molar-refractivity contribution in [1.29, 1.82) is 0 Å². The molecule has 6 heteroatoms. The Morgan fingerprint density at radius 1 is 0.711 bits per heavy atom. The number of aromatic hydroxyl groups is 2. The predicted octanol–water partition coefficient (Wildman–Crippen LogP) is 5.81. The van der Waals surface area contributed by atoms with Crippen molar-refractivity contribution in [3.8, 4) is 11.5 Å². The second kappa shape index (κ2) is 10.5. The highest BCUT2D eigenvalue weighted by atomic mass is 16.3. The van der Waals surface area contributed by atoms with E-state index in [1.54, 1.807) is 12.1 Å². The minimum Gasteiger partial charge on any atom is -0.504 e. The van der Waals surface area contributed by atoms with Crippen molar-refractivity contribution >= 4 is 16.5 Å². The summed E-state index contributed by atoms with van der Waals surface area (Å²) in [5.41, 5.74) is 6.91. The molecule has 6 rings (SSSR count). The van der Waals surface area contributed by atoms with Crippen molar-refractivity contribution in [2.45, 2.75) is 32.6 Å². The zero-order valence-corrected chi connectivity index (χ0v) is 21.2. The molecule has 0 unspecified atom stereocenters. The van der Waals surface area contributed by atoms with Gasteiger partial charge in [-0.3, -0.25) is 14.9 Å². The van der Waals surface area contributed by atoms with Gasteiger partial charge in [0.15, 0.2) is 11.5 Å². The summed E-state index contributed by atoms with van der Waals surface area (Å²) in [5.74, 6) is -0.145. The van der Waals surface area contributed by atoms with Crippen LogP contribution in [0.3, 0.4) is 0 Å². The number of benzene rings is 3. The van der Waals surface area contributed by atoms with Crippen LogP contribution in [0.1, 0.15) is 28.1 Å². The molecule has 0 fully saturated rings. The van der Waals surface area contributed by atoms with Gasteiger partial charge < -0.3 is 15.1 Å². The van der Waals surface area contributed by atoms with Crippen molar-refractivity contribution < 1.29 is 10.2 Å². The molecule has 3 aromatic carbocycles. The Bertz CT molecular complexity index is 1500. The molecule has 0 atom stereocenters. The summed E-state index contributed by atoms with van der Waals surface area (Å²) in [5, 5.41) is 22.1. The first-order chi connectivity index (χ1) is 18.6. The second-order valence-electron chi connectivity index (χ2n) is 9.87. The largest absolute Gasteiger partial charge is 0.504 e. The Morgan fingerprint density at radius 2 is 1.42 bits per heavy atom. The third-order valence-electron chi connectivity index (χ3n) is 7.23. The lowest BCUT2D eigenvalue weighted by Gasteiger charge is -2.32. The summed E-state index contributed by atoms with van der Waals surface area (Å²) in [4.78, 5) is 14.0. The van der Waals surface area contributed by atoms with Crippen molar-refractivity contribution in [2.24, 2.45) is 0 Å². The van der Waals surface area contributed by atoms with Gasteiger partial charge in [-0.15, -0.1) is 0 Å². The van der Waals surface area contributed by atoms with Gasteiger partial charge in [0.05, 0.1) is 24.5 Å². The van der Waals surface area contributed by atoms with Crippen LogP contribution in [-0.4, -0.2) is 31.6 Å². The molecular formula is C32H30N4O2. The zero-order chi connectivity index (χ0) is 25.9. The van der Waals surface area contributed by atoms with Crippen LogP contribution >= 0.6 is 0 Å². The van der Waals surface area contributed by atoms with E-state index in [0.29, 0.717) is 13.1 Å². The number of anilines is 1. The van der Waals surface area contributed by atoms with Crippen LogP contribution in [-0.2, 0) is 32.6 Å². The number of rotatable bonds is 8. The van der Waals surface area contributed by atoms with Crippen LogP contribution < -0.4 is 4.90 Å². The number of hydrogen-bond donors (Lipinski definition) is 2. The van der Waals surface area contributed by atoms with Crippen molar-refractivity contribution in [2.75, 3.05) is 11.4 Å². The summed E-state index contributed by atoms with van der Waals surface area (Å²) in [7, 11) is 0. The molecule has 38 heavy (non-hydrogen) atoms. The minimum atomic E-state index is -0.0803. The first-order valence-electron chi connectivity index (χ1n) is 13.0. The summed E-state index contributed by atoms with van der Waals surface area (Å²) in [6, 6.07) is 28.3. The Labute approximate surface area is 222 Å². The van der Waals surface area contributed by atoms with E-state index in [2.05, 4.69) is 62.2 Å². The van der Waals surface area contributed by atoms with Crippen LogP contribution in [0.4, 0.5) is 5.69 Å². The Hall–Kier alpha value is -4.42. The standard InChI is InChI=1S/C32H30N4O2/c37-30-13-10-23(18-31(30)38)14-17-35-19-24-6-5-9-28-29(12-11-25(20-35)32(24)28)36(21-26-7-1-3-15-33-26)22-27-8-2-4-16-34-27/h1-13,15-16,18,37-38H,14,17,19-22H2. The number of phenols is 2. The molecule has 2 aromatic heterocycles. The fourth-order valence-electron chi connectivity index (χ4n) is 5.39. The fraction of sp³-hybridized carbons (Fsp3) is 0.188. The van der Waals surface area contributed by atoms with Crippen molar-refractivity contribution in [1.82, 2.24) is 14.9 Å². The number of pyridine rings is 2. The molecule has 0 radical (unpaired) electrons. The van der Waals surface area contributed by atoms with Crippen LogP contribution in [0.5, 0.6) is 11.5 Å².